The van der Waals surface area contributed by atoms with Crippen molar-refractivity contribution in [2.75, 3.05) is 0 Å². The summed E-state index contributed by atoms with van der Waals surface area (Å²) in [6.45, 7) is 3.88. The standard InChI is InChI=1S/C15H14N2OS/c1-10(2)17-15(18)14-8-7-13(19-14)12-5-3-11(9-16)4-6-12/h3-8,10H,1-2H3,(H,17,18). The zero-order chi connectivity index (χ0) is 13.8. The van der Waals surface area contributed by atoms with Crippen LogP contribution in [0.5, 0.6) is 0 Å². The first-order valence-electron chi connectivity index (χ1n) is 6.01. The highest BCUT2D eigenvalue weighted by Crippen LogP contribution is 2.28. The third-order valence-electron chi connectivity index (χ3n) is 2.55. The highest BCUT2D eigenvalue weighted by atomic mass is 32.1. The van der Waals surface area contributed by atoms with Crippen molar-refractivity contribution in [1.82, 2.24) is 5.32 Å². The summed E-state index contributed by atoms with van der Waals surface area (Å²) in [4.78, 5) is 13.6. The zero-order valence-electron chi connectivity index (χ0n) is 10.8. The first-order valence-corrected chi connectivity index (χ1v) is 6.83. The average Bonchev–Trinajstić information content (AvgIpc) is 2.88. The van der Waals surface area contributed by atoms with Crippen LogP contribution in [-0.4, -0.2) is 11.9 Å². The minimum absolute atomic E-state index is 0.0418. The number of carbonyl (C=O) groups is 1. The van der Waals surface area contributed by atoms with Crippen molar-refractivity contribution in [2.24, 2.45) is 0 Å². The summed E-state index contributed by atoms with van der Waals surface area (Å²) in [7, 11) is 0. The van der Waals surface area contributed by atoms with Crippen molar-refractivity contribution in [3.63, 3.8) is 0 Å². The van der Waals surface area contributed by atoms with Crippen LogP contribution in [0.4, 0.5) is 0 Å². The van der Waals surface area contributed by atoms with Gasteiger partial charge in [0.25, 0.3) is 5.91 Å². The Hall–Kier alpha value is -2.12. The van der Waals surface area contributed by atoms with E-state index in [-0.39, 0.29) is 11.9 Å². The molecule has 1 aromatic heterocycles. The maximum absolute atomic E-state index is 11.9. The van der Waals surface area contributed by atoms with Crippen molar-refractivity contribution < 1.29 is 4.79 Å². The molecule has 0 saturated heterocycles. The van der Waals surface area contributed by atoms with Crippen molar-refractivity contribution >= 4 is 17.2 Å². The van der Waals surface area contributed by atoms with Crippen molar-refractivity contribution in [3.05, 3.63) is 46.8 Å². The van der Waals surface area contributed by atoms with E-state index in [2.05, 4.69) is 11.4 Å². The number of amides is 1. The maximum Gasteiger partial charge on any atom is 0.261 e. The van der Waals surface area contributed by atoms with Gasteiger partial charge in [-0.05, 0) is 43.7 Å². The molecule has 2 aromatic rings. The van der Waals surface area contributed by atoms with E-state index < -0.39 is 0 Å². The molecule has 0 spiro atoms. The van der Waals surface area contributed by atoms with Crippen LogP contribution in [0.15, 0.2) is 36.4 Å². The minimum atomic E-state index is -0.0418. The minimum Gasteiger partial charge on any atom is -0.349 e. The van der Waals surface area contributed by atoms with Gasteiger partial charge in [0, 0.05) is 10.9 Å². The molecule has 0 aliphatic rings. The molecule has 0 aliphatic heterocycles. The summed E-state index contributed by atoms with van der Waals surface area (Å²) < 4.78 is 0. The second-order valence-electron chi connectivity index (χ2n) is 4.48. The summed E-state index contributed by atoms with van der Waals surface area (Å²) in [5.74, 6) is -0.0418. The van der Waals surface area contributed by atoms with Gasteiger partial charge < -0.3 is 5.32 Å². The topological polar surface area (TPSA) is 52.9 Å². The molecule has 0 bridgehead atoms. The molecule has 1 heterocycles. The van der Waals surface area contributed by atoms with E-state index in [4.69, 9.17) is 5.26 Å². The number of nitrogens with one attached hydrogen (secondary N) is 1. The molecule has 0 aliphatic carbocycles. The molecular formula is C15H14N2OS. The Labute approximate surface area is 116 Å². The highest BCUT2D eigenvalue weighted by molar-refractivity contribution is 7.17. The molecular weight excluding hydrogens is 256 g/mol. The lowest BCUT2D eigenvalue weighted by Crippen LogP contribution is -2.29. The molecule has 4 heteroatoms. The van der Waals surface area contributed by atoms with Gasteiger partial charge in [-0.15, -0.1) is 11.3 Å². The first-order chi connectivity index (χ1) is 9.10. The average molecular weight is 270 g/mol. The van der Waals surface area contributed by atoms with Gasteiger partial charge in [-0.1, -0.05) is 12.1 Å². The molecule has 0 fully saturated rings. The predicted molar refractivity (Wildman–Crippen MR) is 77.1 cm³/mol. The van der Waals surface area contributed by atoms with Gasteiger partial charge in [0.15, 0.2) is 0 Å². The van der Waals surface area contributed by atoms with E-state index in [1.165, 1.54) is 11.3 Å². The zero-order valence-corrected chi connectivity index (χ0v) is 11.6. The fourth-order valence-electron chi connectivity index (χ4n) is 1.66. The lowest BCUT2D eigenvalue weighted by Gasteiger charge is -2.05. The fraction of sp³-hybridized carbons (Fsp3) is 0.200. The molecule has 3 nitrogen and oxygen atoms in total. The molecule has 1 aromatic carbocycles. The molecule has 0 atom stereocenters. The van der Waals surface area contributed by atoms with Crippen LogP contribution in [0.3, 0.4) is 0 Å². The first kappa shape index (κ1) is 13.3. The number of benzene rings is 1. The number of rotatable bonds is 3. The smallest absolute Gasteiger partial charge is 0.261 e. The number of carbonyl (C=O) groups excluding carboxylic acids is 1. The Morgan fingerprint density at radius 1 is 1.21 bits per heavy atom. The largest absolute Gasteiger partial charge is 0.349 e. The lowest BCUT2D eigenvalue weighted by atomic mass is 10.1. The number of nitrogens with zero attached hydrogens (tertiary/aromatic N) is 1. The SMILES string of the molecule is CC(C)NC(=O)c1ccc(-c2ccc(C#N)cc2)s1. The maximum atomic E-state index is 11.9. The number of nitriles is 1. The lowest BCUT2D eigenvalue weighted by molar-refractivity contribution is 0.0947. The Bertz CT molecular complexity index is 620. The van der Waals surface area contributed by atoms with E-state index >= 15 is 0 Å². The third-order valence-corrected chi connectivity index (χ3v) is 3.68. The van der Waals surface area contributed by atoms with E-state index in [0.717, 1.165) is 10.4 Å². The second-order valence-corrected chi connectivity index (χ2v) is 5.56. The Morgan fingerprint density at radius 2 is 1.89 bits per heavy atom. The summed E-state index contributed by atoms with van der Waals surface area (Å²) in [5.41, 5.74) is 1.66. The molecule has 1 amide bonds. The molecule has 0 unspecified atom stereocenters. The van der Waals surface area contributed by atoms with Crippen LogP contribution in [0.25, 0.3) is 10.4 Å². The Morgan fingerprint density at radius 3 is 2.47 bits per heavy atom. The van der Waals surface area contributed by atoms with Gasteiger partial charge in [-0.25, -0.2) is 0 Å². The highest BCUT2D eigenvalue weighted by Gasteiger charge is 2.10. The third kappa shape index (κ3) is 3.21. The van der Waals surface area contributed by atoms with Gasteiger partial charge in [-0.2, -0.15) is 5.26 Å². The van der Waals surface area contributed by atoms with Crippen molar-refractivity contribution in [1.29, 1.82) is 5.26 Å². The van der Waals surface area contributed by atoms with Crippen LogP contribution < -0.4 is 5.32 Å². The van der Waals surface area contributed by atoms with E-state index in [9.17, 15) is 4.79 Å². The van der Waals surface area contributed by atoms with Gasteiger partial charge in [0.2, 0.25) is 0 Å². The summed E-state index contributed by atoms with van der Waals surface area (Å²) in [6, 6.07) is 13.3. The fourth-order valence-corrected chi connectivity index (χ4v) is 2.57. The Balaban J connectivity index is 2.20. The molecule has 0 radical (unpaired) electrons. The van der Waals surface area contributed by atoms with Crippen LogP contribution >= 0.6 is 11.3 Å². The van der Waals surface area contributed by atoms with Gasteiger partial charge in [0.05, 0.1) is 16.5 Å². The molecule has 0 saturated carbocycles. The van der Waals surface area contributed by atoms with Gasteiger partial charge in [-0.3, -0.25) is 4.79 Å². The molecule has 19 heavy (non-hydrogen) atoms. The normalized spacial score (nSPS) is 10.2. The second kappa shape index (κ2) is 5.68. The van der Waals surface area contributed by atoms with E-state index in [1.807, 2.05) is 38.1 Å². The summed E-state index contributed by atoms with van der Waals surface area (Å²) in [5, 5.41) is 11.6. The predicted octanol–water partition coefficient (Wildman–Crippen LogP) is 3.42. The van der Waals surface area contributed by atoms with Crippen molar-refractivity contribution in [3.8, 4) is 16.5 Å². The van der Waals surface area contributed by atoms with Crippen LogP contribution in [-0.2, 0) is 0 Å². The molecule has 2 rings (SSSR count). The van der Waals surface area contributed by atoms with E-state index in [1.54, 1.807) is 12.1 Å². The number of thiophene rings is 1. The quantitative estimate of drug-likeness (QED) is 0.929. The van der Waals surface area contributed by atoms with E-state index in [0.29, 0.717) is 10.4 Å². The van der Waals surface area contributed by atoms with Crippen LogP contribution in [0.1, 0.15) is 29.1 Å². The molecule has 1 N–H and O–H groups in total. The number of hydrogen-bond donors (Lipinski definition) is 1. The summed E-state index contributed by atoms with van der Waals surface area (Å²) in [6.07, 6.45) is 0. The van der Waals surface area contributed by atoms with Gasteiger partial charge >= 0.3 is 0 Å². The van der Waals surface area contributed by atoms with Crippen molar-refractivity contribution in [2.45, 2.75) is 19.9 Å². The van der Waals surface area contributed by atoms with Gasteiger partial charge in [0.1, 0.15) is 0 Å². The Kier molecular flexibility index (Phi) is 3.98. The van der Waals surface area contributed by atoms with Crippen LogP contribution in [0, 0.1) is 11.3 Å². The van der Waals surface area contributed by atoms with Crippen LogP contribution in [0.2, 0.25) is 0 Å². The molecule has 96 valence electrons. The monoisotopic (exact) mass is 270 g/mol. The summed E-state index contributed by atoms with van der Waals surface area (Å²) >= 11 is 1.45. The number of hydrogen-bond acceptors (Lipinski definition) is 3.